The minimum atomic E-state index is -0.391. The monoisotopic (exact) mass is 552 g/mol. The summed E-state index contributed by atoms with van der Waals surface area (Å²) < 4.78 is 16.7. The Morgan fingerprint density at radius 3 is 2.61 bits per heavy atom. The molecule has 8 rings (SSSR count). The number of rotatable bonds is 7. The zero-order valence-corrected chi connectivity index (χ0v) is 22.3. The van der Waals surface area contributed by atoms with Crippen LogP contribution in [0.3, 0.4) is 0 Å². The number of esters is 1. The zero-order valence-electron chi connectivity index (χ0n) is 20.7. The van der Waals surface area contributed by atoms with E-state index in [-0.39, 0.29) is 0 Å². The third-order valence-electron chi connectivity index (χ3n) is 8.00. The van der Waals surface area contributed by atoms with E-state index in [2.05, 4.69) is 15.4 Å². The summed E-state index contributed by atoms with van der Waals surface area (Å²) in [7, 11) is 1.37. The van der Waals surface area contributed by atoms with Crippen LogP contribution in [0, 0.1) is 0 Å². The molecule has 4 fully saturated rings. The first-order valence-corrected chi connectivity index (χ1v) is 13.7. The Balaban J connectivity index is 1.07. The number of piperidine rings is 1. The van der Waals surface area contributed by atoms with Gasteiger partial charge in [0.15, 0.2) is 5.58 Å². The highest BCUT2D eigenvalue weighted by Crippen LogP contribution is 2.46. The van der Waals surface area contributed by atoms with Crippen LogP contribution in [-0.2, 0) is 11.3 Å². The number of nitrogens with one attached hydrogen (secondary N) is 1. The van der Waals surface area contributed by atoms with E-state index in [0.29, 0.717) is 57.8 Å². The maximum Gasteiger partial charge on any atom is 0.337 e. The van der Waals surface area contributed by atoms with Crippen molar-refractivity contribution in [2.45, 2.75) is 62.7 Å². The van der Waals surface area contributed by atoms with Crippen molar-refractivity contribution in [3.05, 3.63) is 63.3 Å². The SMILES string of the molecule is COC(=O)c1ccc2nc(N3C4CC(NCc5c(-c6c(Cl)cccc6Cl)noc5C5CC5)CC3C4)oc2c1. The molecule has 2 saturated carbocycles. The Kier molecular flexibility index (Phi) is 5.87. The summed E-state index contributed by atoms with van der Waals surface area (Å²) in [5.41, 5.74) is 4.29. The van der Waals surface area contributed by atoms with Gasteiger partial charge in [-0.25, -0.2) is 4.79 Å². The molecule has 2 saturated heterocycles. The second-order valence-corrected chi connectivity index (χ2v) is 11.2. The number of carbonyl (C=O) groups excluding carboxylic acids is 1. The molecule has 2 unspecified atom stereocenters. The lowest BCUT2D eigenvalue weighted by Crippen LogP contribution is -2.64. The average Bonchev–Trinajstić information content (AvgIpc) is 3.55. The van der Waals surface area contributed by atoms with Gasteiger partial charge in [-0.1, -0.05) is 34.4 Å². The lowest BCUT2D eigenvalue weighted by molar-refractivity contribution is 0.0600. The molecule has 10 heteroatoms. The van der Waals surface area contributed by atoms with E-state index in [0.717, 1.165) is 60.2 Å². The third kappa shape index (κ3) is 4.06. The molecular weight excluding hydrogens is 527 g/mol. The summed E-state index contributed by atoms with van der Waals surface area (Å²) in [6, 6.07) is 12.4. The number of hydrogen-bond acceptors (Lipinski definition) is 8. The standard InChI is InChI=1S/C28H26Cl2N4O4/c1-36-27(35)15-7-8-22-23(9-15)37-28(32-22)34-17-10-16(11-18(34)12-17)31-13-19-25(33-38-26(19)14-5-6-14)24-20(29)3-2-4-21(24)30/h2-4,7-9,14,16-18,31H,5-6,10-13H2,1H3. The molecule has 8 nitrogen and oxygen atoms in total. The molecule has 2 atom stereocenters. The molecule has 2 aromatic carbocycles. The number of hydrogen-bond donors (Lipinski definition) is 1. The molecule has 196 valence electrons. The maximum absolute atomic E-state index is 11.9. The Hall–Kier alpha value is -3.07. The molecule has 2 aliphatic heterocycles. The second-order valence-electron chi connectivity index (χ2n) is 10.4. The second kappa shape index (κ2) is 9.29. The molecule has 0 radical (unpaired) electrons. The van der Waals surface area contributed by atoms with Crippen LogP contribution in [-0.4, -0.2) is 41.3 Å². The summed E-state index contributed by atoms with van der Waals surface area (Å²) in [6.07, 6.45) is 5.31. The predicted octanol–water partition coefficient (Wildman–Crippen LogP) is 6.35. The Morgan fingerprint density at radius 1 is 1.13 bits per heavy atom. The first-order valence-electron chi connectivity index (χ1n) is 12.9. The minimum Gasteiger partial charge on any atom is -0.465 e. The van der Waals surface area contributed by atoms with Crippen LogP contribution in [0.5, 0.6) is 0 Å². The van der Waals surface area contributed by atoms with Gasteiger partial charge in [0, 0.05) is 41.7 Å². The highest BCUT2D eigenvalue weighted by molar-refractivity contribution is 6.39. The fourth-order valence-electron chi connectivity index (χ4n) is 5.95. The first kappa shape index (κ1) is 24.0. The molecule has 2 bridgehead atoms. The minimum absolute atomic E-state index is 0.349. The number of anilines is 1. The molecule has 1 N–H and O–H groups in total. The molecule has 4 aliphatic rings. The van der Waals surface area contributed by atoms with Crippen LogP contribution in [0.25, 0.3) is 22.4 Å². The first-order chi connectivity index (χ1) is 18.5. The van der Waals surface area contributed by atoms with Crippen LogP contribution in [0.1, 0.15) is 59.7 Å². The van der Waals surface area contributed by atoms with Crippen LogP contribution in [0.4, 0.5) is 6.01 Å². The molecule has 2 aliphatic carbocycles. The van der Waals surface area contributed by atoms with Gasteiger partial charge in [-0.3, -0.25) is 0 Å². The van der Waals surface area contributed by atoms with E-state index in [1.165, 1.54) is 7.11 Å². The van der Waals surface area contributed by atoms with Crippen molar-refractivity contribution in [2.75, 3.05) is 12.0 Å². The quantitative estimate of drug-likeness (QED) is 0.265. The van der Waals surface area contributed by atoms with Gasteiger partial charge < -0.3 is 23.9 Å². The van der Waals surface area contributed by atoms with Crippen molar-refractivity contribution in [3.63, 3.8) is 0 Å². The Labute approximate surface area is 229 Å². The number of fused-ring (bicyclic) bond motifs is 3. The molecule has 38 heavy (non-hydrogen) atoms. The van der Waals surface area contributed by atoms with Gasteiger partial charge in [0.05, 0.1) is 22.7 Å². The van der Waals surface area contributed by atoms with Gasteiger partial charge in [-0.05, 0) is 62.4 Å². The molecule has 0 amide bonds. The van der Waals surface area contributed by atoms with Gasteiger partial charge >= 0.3 is 5.97 Å². The predicted molar refractivity (Wildman–Crippen MR) is 144 cm³/mol. The number of halogens is 2. The molecule has 2 aromatic heterocycles. The number of carbonyl (C=O) groups is 1. The van der Waals surface area contributed by atoms with Crippen molar-refractivity contribution in [3.8, 4) is 11.3 Å². The topological polar surface area (TPSA) is 93.6 Å². The summed E-state index contributed by atoms with van der Waals surface area (Å²) >= 11 is 13.0. The maximum atomic E-state index is 11.9. The van der Waals surface area contributed by atoms with E-state index in [9.17, 15) is 4.79 Å². The lowest BCUT2D eigenvalue weighted by Gasteiger charge is -2.54. The van der Waals surface area contributed by atoms with Crippen molar-refractivity contribution in [1.82, 2.24) is 15.5 Å². The fourth-order valence-corrected chi connectivity index (χ4v) is 6.52. The van der Waals surface area contributed by atoms with Crippen LogP contribution >= 0.6 is 23.2 Å². The Bertz CT molecular complexity index is 1510. The largest absolute Gasteiger partial charge is 0.465 e. The number of aromatic nitrogens is 2. The average molecular weight is 553 g/mol. The summed E-state index contributed by atoms with van der Waals surface area (Å²) in [4.78, 5) is 18.9. The van der Waals surface area contributed by atoms with E-state index < -0.39 is 5.97 Å². The van der Waals surface area contributed by atoms with Gasteiger partial charge in [-0.15, -0.1) is 0 Å². The van der Waals surface area contributed by atoms with Gasteiger partial charge in [0.2, 0.25) is 0 Å². The van der Waals surface area contributed by atoms with Crippen molar-refractivity contribution in [1.29, 1.82) is 0 Å². The Morgan fingerprint density at radius 2 is 1.89 bits per heavy atom. The van der Waals surface area contributed by atoms with E-state index in [1.807, 2.05) is 18.2 Å². The molecule has 0 spiro atoms. The summed E-state index contributed by atoms with van der Waals surface area (Å²) in [5.74, 6) is 0.976. The van der Waals surface area contributed by atoms with Crippen molar-refractivity contribution < 1.29 is 18.5 Å². The van der Waals surface area contributed by atoms with Crippen LogP contribution in [0.15, 0.2) is 45.3 Å². The number of methoxy groups -OCH3 is 1. The normalized spacial score (nSPS) is 22.5. The number of nitrogens with zero attached hydrogens (tertiary/aromatic N) is 3. The highest BCUT2D eigenvalue weighted by atomic mass is 35.5. The van der Waals surface area contributed by atoms with Gasteiger partial charge in [0.1, 0.15) is 17.0 Å². The molecular formula is C28H26Cl2N4O4. The van der Waals surface area contributed by atoms with E-state index in [4.69, 9.17) is 41.9 Å². The highest BCUT2D eigenvalue weighted by Gasteiger charge is 2.47. The van der Waals surface area contributed by atoms with Gasteiger partial charge in [-0.2, -0.15) is 4.98 Å². The van der Waals surface area contributed by atoms with Crippen LogP contribution < -0.4 is 10.2 Å². The van der Waals surface area contributed by atoms with E-state index >= 15 is 0 Å². The number of ether oxygens (including phenoxy) is 1. The van der Waals surface area contributed by atoms with Gasteiger partial charge in [0.25, 0.3) is 6.01 Å². The fraction of sp³-hybridized carbons (Fsp3) is 0.393. The van der Waals surface area contributed by atoms with Crippen LogP contribution in [0.2, 0.25) is 10.0 Å². The third-order valence-corrected chi connectivity index (χ3v) is 8.63. The summed E-state index contributed by atoms with van der Waals surface area (Å²) in [5, 5.41) is 9.32. The summed E-state index contributed by atoms with van der Waals surface area (Å²) in [6.45, 7) is 0.648. The lowest BCUT2D eigenvalue weighted by atomic mass is 9.77. The smallest absolute Gasteiger partial charge is 0.337 e. The zero-order chi connectivity index (χ0) is 26.0. The van der Waals surface area contributed by atoms with E-state index in [1.54, 1.807) is 18.2 Å². The number of oxazole rings is 1. The molecule has 4 aromatic rings. The van der Waals surface area contributed by atoms with Crippen molar-refractivity contribution >= 4 is 46.3 Å². The number of benzene rings is 2. The molecule has 4 heterocycles. The van der Waals surface area contributed by atoms with Crippen molar-refractivity contribution in [2.24, 2.45) is 0 Å².